The predicted molar refractivity (Wildman–Crippen MR) is 55.0 cm³/mol. The van der Waals surface area contributed by atoms with Gasteiger partial charge in [0.15, 0.2) is 0 Å². The maximum Gasteiger partial charge on any atom is -0.0219 e. The Morgan fingerprint density at radius 2 is 2.00 bits per heavy atom. The van der Waals surface area contributed by atoms with Crippen LogP contribution in [-0.4, -0.2) is 0 Å². The van der Waals surface area contributed by atoms with Gasteiger partial charge in [0.1, 0.15) is 0 Å². The van der Waals surface area contributed by atoms with E-state index in [1.54, 1.807) is 0 Å². The summed E-state index contributed by atoms with van der Waals surface area (Å²) in [5.74, 6) is 0.581. The van der Waals surface area contributed by atoms with Crippen LogP contribution in [0.3, 0.4) is 0 Å². The van der Waals surface area contributed by atoms with E-state index < -0.39 is 0 Å². The molecule has 0 aliphatic heterocycles. The first-order valence-electron chi connectivity index (χ1n) is 4.37. The summed E-state index contributed by atoms with van der Waals surface area (Å²) < 4.78 is 0. The summed E-state index contributed by atoms with van der Waals surface area (Å²) in [6.07, 6.45) is 8.53. The lowest BCUT2D eigenvalue weighted by Gasteiger charge is -2.05. The zero-order valence-electron chi connectivity index (χ0n) is 8.09. The summed E-state index contributed by atoms with van der Waals surface area (Å²) in [5, 5.41) is 0. The second-order valence-electron chi connectivity index (χ2n) is 3.53. The molecule has 0 aromatic rings. The SMILES string of the molecule is C=C1C=C(C(C)C)C=CC=C1C. The Balaban J connectivity index is 2.96. The Morgan fingerprint density at radius 3 is 2.58 bits per heavy atom. The molecule has 0 fully saturated rings. The highest BCUT2D eigenvalue weighted by Crippen LogP contribution is 2.20. The minimum Gasteiger partial charge on any atom is -0.0915 e. The van der Waals surface area contributed by atoms with Crippen LogP contribution in [0.25, 0.3) is 0 Å². The zero-order chi connectivity index (χ0) is 9.14. The van der Waals surface area contributed by atoms with E-state index in [-0.39, 0.29) is 0 Å². The van der Waals surface area contributed by atoms with Crippen LogP contribution in [-0.2, 0) is 0 Å². The molecule has 0 spiro atoms. The van der Waals surface area contributed by atoms with Crippen LogP contribution in [0.5, 0.6) is 0 Å². The minimum absolute atomic E-state index is 0.581. The van der Waals surface area contributed by atoms with E-state index in [1.807, 2.05) is 0 Å². The molecule has 0 N–H and O–H groups in total. The van der Waals surface area contributed by atoms with Crippen molar-refractivity contribution in [2.45, 2.75) is 20.8 Å². The zero-order valence-corrected chi connectivity index (χ0v) is 8.09. The largest absolute Gasteiger partial charge is 0.0915 e. The van der Waals surface area contributed by atoms with E-state index in [9.17, 15) is 0 Å². The minimum atomic E-state index is 0.581. The first-order chi connectivity index (χ1) is 5.61. The average molecular weight is 160 g/mol. The molecule has 1 rings (SSSR count). The molecule has 0 atom stereocenters. The lowest BCUT2D eigenvalue weighted by Crippen LogP contribution is -1.90. The van der Waals surface area contributed by atoms with E-state index in [4.69, 9.17) is 0 Å². The maximum absolute atomic E-state index is 4.00. The Bertz CT molecular complexity index is 272. The lowest BCUT2D eigenvalue weighted by molar-refractivity contribution is 0.791. The van der Waals surface area contributed by atoms with E-state index in [2.05, 4.69) is 51.7 Å². The smallest absolute Gasteiger partial charge is 0.0219 e. The van der Waals surface area contributed by atoms with Crippen LogP contribution in [0.4, 0.5) is 0 Å². The maximum atomic E-state index is 4.00. The van der Waals surface area contributed by atoms with Gasteiger partial charge in [-0.1, -0.05) is 44.7 Å². The van der Waals surface area contributed by atoms with Gasteiger partial charge >= 0.3 is 0 Å². The molecule has 0 unspecified atom stereocenters. The summed E-state index contributed by atoms with van der Waals surface area (Å²) in [6.45, 7) is 10.5. The van der Waals surface area contributed by atoms with E-state index in [0.29, 0.717) is 5.92 Å². The molecule has 0 aromatic heterocycles. The number of rotatable bonds is 1. The number of hydrogen-bond donors (Lipinski definition) is 0. The molecule has 1 aliphatic rings. The molecule has 0 saturated carbocycles. The molecule has 0 heteroatoms. The Kier molecular flexibility index (Phi) is 2.69. The van der Waals surface area contributed by atoms with Crippen molar-refractivity contribution in [2.75, 3.05) is 0 Å². The van der Waals surface area contributed by atoms with Crippen molar-refractivity contribution in [1.82, 2.24) is 0 Å². The van der Waals surface area contributed by atoms with Crippen LogP contribution in [0, 0.1) is 5.92 Å². The molecule has 0 heterocycles. The van der Waals surface area contributed by atoms with Crippen LogP contribution >= 0.6 is 0 Å². The van der Waals surface area contributed by atoms with Crippen molar-refractivity contribution in [3.8, 4) is 0 Å². The van der Waals surface area contributed by atoms with Gasteiger partial charge in [-0.15, -0.1) is 0 Å². The van der Waals surface area contributed by atoms with Gasteiger partial charge in [0.2, 0.25) is 0 Å². The number of hydrogen-bond acceptors (Lipinski definition) is 0. The Labute approximate surface area is 75.0 Å². The van der Waals surface area contributed by atoms with Gasteiger partial charge < -0.3 is 0 Å². The quantitative estimate of drug-likeness (QED) is 0.549. The second kappa shape index (κ2) is 3.57. The van der Waals surface area contributed by atoms with E-state index >= 15 is 0 Å². The summed E-state index contributed by atoms with van der Waals surface area (Å²) >= 11 is 0. The Hall–Kier alpha value is -1.04. The first kappa shape index (κ1) is 9.05. The molecular formula is C12H16. The van der Waals surface area contributed by atoms with Crippen molar-refractivity contribution in [3.63, 3.8) is 0 Å². The van der Waals surface area contributed by atoms with Crippen LogP contribution in [0.15, 0.2) is 47.6 Å². The van der Waals surface area contributed by atoms with Gasteiger partial charge in [0.05, 0.1) is 0 Å². The predicted octanol–water partition coefficient (Wildman–Crippen LogP) is 3.64. The van der Waals surface area contributed by atoms with Gasteiger partial charge in [-0.3, -0.25) is 0 Å². The van der Waals surface area contributed by atoms with Crippen LogP contribution < -0.4 is 0 Å². The van der Waals surface area contributed by atoms with Crippen molar-refractivity contribution in [1.29, 1.82) is 0 Å². The van der Waals surface area contributed by atoms with Crippen molar-refractivity contribution >= 4 is 0 Å². The third kappa shape index (κ3) is 1.97. The molecule has 12 heavy (non-hydrogen) atoms. The topological polar surface area (TPSA) is 0 Å². The molecule has 1 aliphatic carbocycles. The molecule has 0 nitrogen and oxygen atoms in total. The standard InChI is InChI=1S/C12H16/c1-9(2)12-7-5-6-10(3)11(4)8-12/h5-9H,4H2,1-3H3. The summed E-state index contributed by atoms with van der Waals surface area (Å²) in [4.78, 5) is 0. The van der Waals surface area contributed by atoms with Crippen molar-refractivity contribution < 1.29 is 0 Å². The highest BCUT2D eigenvalue weighted by Gasteiger charge is 2.02. The number of allylic oxidation sites excluding steroid dienone is 7. The fourth-order valence-corrected chi connectivity index (χ4v) is 1.13. The average Bonchev–Trinajstić information content (AvgIpc) is 2.15. The van der Waals surface area contributed by atoms with E-state index in [1.165, 1.54) is 11.1 Å². The van der Waals surface area contributed by atoms with Gasteiger partial charge in [-0.25, -0.2) is 0 Å². The third-order valence-corrected chi connectivity index (χ3v) is 2.15. The van der Waals surface area contributed by atoms with Crippen molar-refractivity contribution in [3.05, 3.63) is 47.6 Å². The van der Waals surface area contributed by atoms with E-state index in [0.717, 1.165) is 5.57 Å². The summed E-state index contributed by atoms with van der Waals surface area (Å²) in [7, 11) is 0. The Morgan fingerprint density at radius 1 is 1.33 bits per heavy atom. The highest BCUT2D eigenvalue weighted by atomic mass is 14.1. The van der Waals surface area contributed by atoms with Gasteiger partial charge in [0, 0.05) is 0 Å². The third-order valence-electron chi connectivity index (χ3n) is 2.15. The molecule has 0 aromatic carbocycles. The molecule has 64 valence electrons. The van der Waals surface area contributed by atoms with Crippen molar-refractivity contribution in [2.24, 2.45) is 5.92 Å². The lowest BCUT2D eigenvalue weighted by atomic mass is 10.0. The molecule has 0 bridgehead atoms. The molecule has 0 radical (unpaired) electrons. The first-order valence-corrected chi connectivity index (χ1v) is 4.37. The van der Waals surface area contributed by atoms with Gasteiger partial charge in [0.25, 0.3) is 0 Å². The summed E-state index contributed by atoms with van der Waals surface area (Å²) in [5.41, 5.74) is 3.73. The normalized spacial score (nSPS) is 17.5. The summed E-state index contributed by atoms with van der Waals surface area (Å²) in [6, 6.07) is 0. The van der Waals surface area contributed by atoms with Crippen LogP contribution in [0.1, 0.15) is 20.8 Å². The fraction of sp³-hybridized carbons (Fsp3) is 0.333. The highest BCUT2D eigenvalue weighted by molar-refractivity contribution is 5.46. The fourth-order valence-electron chi connectivity index (χ4n) is 1.13. The second-order valence-corrected chi connectivity index (χ2v) is 3.53. The molecular weight excluding hydrogens is 144 g/mol. The monoisotopic (exact) mass is 160 g/mol. The van der Waals surface area contributed by atoms with Crippen LogP contribution in [0.2, 0.25) is 0 Å². The molecule has 0 saturated heterocycles. The van der Waals surface area contributed by atoms with Gasteiger partial charge in [-0.05, 0) is 29.6 Å². The molecule has 0 amide bonds. The van der Waals surface area contributed by atoms with Gasteiger partial charge in [-0.2, -0.15) is 0 Å².